The molecule has 1 heterocycles. The number of likely N-dealkylation sites (N-methyl/N-ethyl adjacent to an activating group) is 2. The number of aromatic amines is 1. The van der Waals surface area contributed by atoms with E-state index in [1.165, 1.54) is 6.20 Å². The Bertz CT molecular complexity index is 281. The van der Waals surface area contributed by atoms with Gasteiger partial charge in [-0.2, -0.15) is 5.10 Å². The predicted molar refractivity (Wildman–Crippen MR) is 54.1 cm³/mol. The SMILES string of the molecule is CN(C)CCN(C)C(=O)c1cn[nH]c1. The highest BCUT2D eigenvalue weighted by molar-refractivity contribution is 5.93. The fraction of sp³-hybridized carbons (Fsp3) is 0.556. The van der Waals surface area contributed by atoms with Crippen LogP contribution in [0.15, 0.2) is 12.4 Å². The Kier molecular flexibility index (Phi) is 3.64. The van der Waals surface area contributed by atoms with Gasteiger partial charge in [0, 0.05) is 26.3 Å². The number of aromatic nitrogens is 2. The first-order valence-corrected chi connectivity index (χ1v) is 4.50. The van der Waals surface area contributed by atoms with Crippen LogP contribution in [-0.4, -0.2) is 60.1 Å². The average molecular weight is 196 g/mol. The third kappa shape index (κ3) is 2.85. The summed E-state index contributed by atoms with van der Waals surface area (Å²) in [7, 11) is 5.76. The molecule has 0 unspecified atom stereocenters. The minimum atomic E-state index is 0.000556. The summed E-state index contributed by atoms with van der Waals surface area (Å²) in [6, 6.07) is 0. The Morgan fingerprint density at radius 2 is 2.14 bits per heavy atom. The molecule has 1 aromatic heterocycles. The number of carbonyl (C=O) groups excluding carboxylic acids is 1. The highest BCUT2D eigenvalue weighted by Gasteiger charge is 2.11. The quantitative estimate of drug-likeness (QED) is 0.740. The van der Waals surface area contributed by atoms with Crippen molar-refractivity contribution >= 4 is 5.91 Å². The maximum Gasteiger partial charge on any atom is 0.256 e. The van der Waals surface area contributed by atoms with Gasteiger partial charge in [0.1, 0.15) is 0 Å². The van der Waals surface area contributed by atoms with E-state index >= 15 is 0 Å². The molecule has 0 bridgehead atoms. The van der Waals surface area contributed by atoms with E-state index in [0.717, 1.165) is 13.1 Å². The Balaban J connectivity index is 2.45. The second kappa shape index (κ2) is 4.76. The molecule has 0 aliphatic rings. The van der Waals surface area contributed by atoms with E-state index < -0.39 is 0 Å². The lowest BCUT2D eigenvalue weighted by Gasteiger charge is -2.18. The van der Waals surface area contributed by atoms with E-state index in [9.17, 15) is 4.79 Å². The summed E-state index contributed by atoms with van der Waals surface area (Å²) < 4.78 is 0. The zero-order chi connectivity index (χ0) is 10.6. The van der Waals surface area contributed by atoms with Crippen molar-refractivity contribution in [3.05, 3.63) is 18.0 Å². The van der Waals surface area contributed by atoms with Crippen LogP contribution in [-0.2, 0) is 0 Å². The second-order valence-electron chi connectivity index (χ2n) is 3.52. The molecule has 1 amide bonds. The predicted octanol–water partition coefficient (Wildman–Crippen LogP) is 0.0433. The fourth-order valence-electron chi connectivity index (χ4n) is 1.04. The Labute approximate surface area is 83.7 Å². The zero-order valence-corrected chi connectivity index (χ0v) is 8.82. The lowest BCUT2D eigenvalue weighted by molar-refractivity contribution is 0.0786. The van der Waals surface area contributed by atoms with Crippen molar-refractivity contribution < 1.29 is 4.79 Å². The molecule has 0 atom stereocenters. The first-order valence-electron chi connectivity index (χ1n) is 4.50. The first kappa shape index (κ1) is 10.7. The molecule has 0 aromatic carbocycles. The largest absolute Gasteiger partial charge is 0.340 e. The van der Waals surface area contributed by atoms with Gasteiger partial charge in [-0.15, -0.1) is 0 Å². The molecule has 0 aliphatic heterocycles. The number of rotatable bonds is 4. The molecule has 0 saturated carbocycles. The van der Waals surface area contributed by atoms with E-state index in [0.29, 0.717) is 5.56 Å². The van der Waals surface area contributed by atoms with Crippen molar-refractivity contribution in [1.82, 2.24) is 20.0 Å². The van der Waals surface area contributed by atoms with Crippen molar-refractivity contribution in [2.75, 3.05) is 34.2 Å². The van der Waals surface area contributed by atoms with Gasteiger partial charge in [0.15, 0.2) is 0 Å². The maximum atomic E-state index is 11.7. The normalized spacial score (nSPS) is 10.6. The van der Waals surface area contributed by atoms with Crippen molar-refractivity contribution in [2.24, 2.45) is 0 Å². The van der Waals surface area contributed by atoms with Crippen LogP contribution in [0.1, 0.15) is 10.4 Å². The van der Waals surface area contributed by atoms with Gasteiger partial charge in [0.25, 0.3) is 5.91 Å². The molecule has 0 saturated heterocycles. The van der Waals surface area contributed by atoms with Gasteiger partial charge >= 0.3 is 0 Å². The summed E-state index contributed by atoms with van der Waals surface area (Å²) in [5, 5.41) is 6.36. The summed E-state index contributed by atoms with van der Waals surface area (Å²) in [6.45, 7) is 1.58. The van der Waals surface area contributed by atoms with Crippen molar-refractivity contribution in [3.8, 4) is 0 Å². The number of hydrogen-bond donors (Lipinski definition) is 1. The Morgan fingerprint density at radius 1 is 1.43 bits per heavy atom. The van der Waals surface area contributed by atoms with Crippen LogP contribution >= 0.6 is 0 Å². The van der Waals surface area contributed by atoms with Gasteiger partial charge in [-0.1, -0.05) is 0 Å². The van der Waals surface area contributed by atoms with Crippen LogP contribution < -0.4 is 0 Å². The molecule has 0 spiro atoms. The van der Waals surface area contributed by atoms with E-state index in [-0.39, 0.29) is 5.91 Å². The topological polar surface area (TPSA) is 52.2 Å². The Morgan fingerprint density at radius 3 is 2.64 bits per heavy atom. The third-order valence-electron chi connectivity index (χ3n) is 1.97. The molecule has 5 heteroatoms. The van der Waals surface area contributed by atoms with Gasteiger partial charge in [-0.25, -0.2) is 0 Å². The monoisotopic (exact) mass is 196 g/mol. The molecule has 14 heavy (non-hydrogen) atoms. The highest BCUT2D eigenvalue weighted by Crippen LogP contribution is 1.99. The first-order chi connectivity index (χ1) is 6.61. The molecule has 0 aliphatic carbocycles. The van der Waals surface area contributed by atoms with E-state index in [4.69, 9.17) is 0 Å². The van der Waals surface area contributed by atoms with Crippen LogP contribution in [0.4, 0.5) is 0 Å². The van der Waals surface area contributed by atoms with Crippen LogP contribution in [0.2, 0.25) is 0 Å². The van der Waals surface area contributed by atoms with Crippen LogP contribution in [0.25, 0.3) is 0 Å². The van der Waals surface area contributed by atoms with Gasteiger partial charge in [-0.3, -0.25) is 9.89 Å². The highest BCUT2D eigenvalue weighted by atomic mass is 16.2. The zero-order valence-electron chi connectivity index (χ0n) is 8.82. The van der Waals surface area contributed by atoms with Gasteiger partial charge < -0.3 is 9.80 Å². The number of nitrogens with one attached hydrogen (secondary N) is 1. The van der Waals surface area contributed by atoms with E-state index in [2.05, 4.69) is 10.2 Å². The summed E-state index contributed by atoms with van der Waals surface area (Å²) in [6.07, 6.45) is 3.14. The number of H-pyrrole nitrogens is 1. The van der Waals surface area contributed by atoms with E-state index in [1.54, 1.807) is 18.1 Å². The average Bonchev–Trinajstić information content (AvgIpc) is 2.65. The minimum Gasteiger partial charge on any atom is -0.340 e. The molecule has 1 aromatic rings. The molecule has 0 fully saturated rings. The second-order valence-corrected chi connectivity index (χ2v) is 3.52. The molecule has 1 rings (SSSR count). The van der Waals surface area contributed by atoms with Gasteiger partial charge in [-0.05, 0) is 14.1 Å². The number of nitrogens with zero attached hydrogens (tertiary/aromatic N) is 3. The van der Waals surface area contributed by atoms with Gasteiger partial charge in [0.2, 0.25) is 0 Å². The molecular formula is C9H16N4O. The summed E-state index contributed by atoms with van der Waals surface area (Å²) in [4.78, 5) is 15.4. The third-order valence-corrected chi connectivity index (χ3v) is 1.97. The maximum absolute atomic E-state index is 11.7. The standard InChI is InChI=1S/C9H16N4O/c1-12(2)4-5-13(3)9(14)8-6-10-11-7-8/h6-7H,4-5H2,1-3H3,(H,10,11). The number of hydrogen-bond acceptors (Lipinski definition) is 3. The summed E-state index contributed by atoms with van der Waals surface area (Å²) in [5.41, 5.74) is 0.603. The molecule has 0 radical (unpaired) electrons. The summed E-state index contributed by atoms with van der Waals surface area (Å²) in [5.74, 6) is 0.000556. The Hall–Kier alpha value is -1.36. The number of amides is 1. The van der Waals surface area contributed by atoms with Crippen molar-refractivity contribution in [2.45, 2.75) is 0 Å². The van der Waals surface area contributed by atoms with Crippen LogP contribution in [0.3, 0.4) is 0 Å². The molecule has 1 N–H and O–H groups in total. The number of carbonyl (C=O) groups is 1. The molecular weight excluding hydrogens is 180 g/mol. The summed E-state index contributed by atoms with van der Waals surface area (Å²) >= 11 is 0. The lowest BCUT2D eigenvalue weighted by atomic mass is 10.3. The fourth-order valence-corrected chi connectivity index (χ4v) is 1.04. The van der Waals surface area contributed by atoms with Crippen LogP contribution in [0.5, 0.6) is 0 Å². The minimum absolute atomic E-state index is 0.000556. The molecule has 5 nitrogen and oxygen atoms in total. The smallest absolute Gasteiger partial charge is 0.256 e. The van der Waals surface area contributed by atoms with Crippen LogP contribution in [0, 0.1) is 0 Å². The lowest BCUT2D eigenvalue weighted by Crippen LogP contribution is -2.33. The van der Waals surface area contributed by atoms with Crippen molar-refractivity contribution in [1.29, 1.82) is 0 Å². The van der Waals surface area contributed by atoms with Crippen molar-refractivity contribution in [3.63, 3.8) is 0 Å². The molecule has 78 valence electrons. The van der Waals surface area contributed by atoms with Gasteiger partial charge in [0.05, 0.1) is 11.8 Å². The van der Waals surface area contributed by atoms with E-state index in [1.807, 2.05) is 19.0 Å².